The number of nitrogens with zero attached hydrogens (tertiary/aromatic N) is 2. The van der Waals surface area contributed by atoms with E-state index in [1.54, 1.807) is 0 Å². The van der Waals surface area contributed by atoms with Gasteiger partial charge in [-0.1, -0.05) is 6.92 Å². The highest BCUT2D eigenvalue weighted by atomic mass is 127. The summed E-state index contributed by atoms with van der Waals surface area (Å²) in [4.78, 5) is 29.6. The number of carbonyl (C=O) groups is 2. The Hall–Kier alpha value is -1.06. The average Bonchev–Trinajstić information content (AvgIpc) is 2.84. The van der Waals surface area contributed by atoms with Gasteiger partial charge in [0.2, 0.25) is 5.91 Å². The van der Waals surface area contributed by atoms with Gasteiger partial charge in [0.15, 0.2) is 5.96 Å². The predicted molar refractivity (Wildman–Crippen MR) is 96.3 cm³/mol. The molecule has 0 aromatic rings. The van der Waals surface area contributed by atoms with E-state index >= 15 is 0 Å². The molecule has 0 aliphatic carbocycles. The lowest BCUT2D eigenvalue weighted by Gasteiger charge is -2.21. The van der Waals surface area contributed by atoms with E-state index in [0.717, 1.165) is 6.54 Å². The summed E-state index contributed by atoms with van der Waals surface area (Å²) in [6, 6.07) is 0. The monoisotopic (exact) mass is 426 g/mol. The van der Waals surface area contributed by atoms with Gasteiger partial charge >= 0.3 is 5.97 Å². The Morgan fingerprint density at radius 2 is 1.86 bits per heavy atom. The molecule has 1 aliphatic heterocycles. The molecule has 0 aromatic heterocycles. The third-order valence-corrected chi connectivity index (χ3v) is 3.50. The molecule has 2 atom stereocenters. The molecule has 1 amide bonds. The maximum Gasteiger partial charge on any atom is 0.310 e. The van der Waals surface area contributed by atoms with Gasteiger partial charge < -0.3 is 20.3 Å². The molecule has 8 heteroatoms. The van der Waals surface area contributed by atoms with Crippen molar-refractivity contribution >= 4 is 41.8 Å². The van der Waals surface area contributed by atoms with E-state index in [2.05, 4.69) is 15.6 Å². The molecule has 2 unspecified atom stereocenters. The molecule has 0 aromatic carbocycles. The average molecular weight is 426 g/mol. The summed E-state index contributed by atoms with van der Waals surface area (Å²) in [5.74, 6) is 0.422. The van der Waals surface area contributed by atoms with Crippen LogP contribution in [0.1, 0.15) is 20.8 Å². The van der Waals surface area contributed by atoms with Crippen molar-refractivity contribution < 1.29 is 14.3 Å². The standard InChI is InChI=1S/C14H26N4O3.HI/c1-5-15-12(19)7-17-14(16-6-2)18-8-10(3)11(9-18)13(20)21-4;/h10-11H,5-9H2,1-4H3,(H,15,19)(H,16,17);1H. The summed E-state index contributed by atoms with van der Waals surface area (Å²) in [6.07, 6.45) is 0. The molecule has 1 aliphatic rings. The van der Waals surface area contributed by atoms with Gasteiger partial charge in [-0.2, -0.15) is 0 Å². The minimum absolute atomic E-state index is 0. The van der Waals surface area contributed by atoms with E-state index in [1.165, 1.54) is 7.11 Å². The molecular weight excluding hydrogens is 399 g/mol. The summed E-state index contributed by atoms with van der Waals surface area (Å²) < 4.78 is 4.83. The second-order valence-corrected chi connectivity index (χ2v) is 5.14. The molecule has 2 N–H and O–H groups in total. The molecule has 0 saturated carbocycles. The molecule has 1 rings (SSSR count). The number of methoxy groups -OCH3 is 1. The fourth-order valence-corrected chi connectivity index (χ4v) is 2.42. The topological polar surface area (TPSA) is 83.0 Å². The number of halogens is 1. The number of hydrogen-bond donors (Lipinski definition) is 2. The first-order chi connectivity index (χ1) is 10.0. The van der Waals surface area contributed by atoms with Gasteiger partial charge in [-0.05, 0) is 19.8 Å². The van der Waals surface area contributed by atoms with Crippen molar-refractivity contribution in [3.63, 3.8) is 0 Å². The molecule has 7 nitrogen and oxygen atoms in total. The Kier molecular flexibility index (Phi) is 10.1. The Bertz CT molecular complexity index is 404. The zero-order chi connectivity index (χ0) is 15.8. The lowest BCUT2D eigenvalue weighted by molar-refractivity contribution is -0.146. The van der Waals surface area contributed by atoms with Crippen LogP contribution in [-0.4, -0.2) is 62.6 Å². The number of amides is 1. The summed E-state index contributed by atoms with van der Waals surface area (Å²) in [7, 11) is 1.41. The minimum Gasteiger partial charge on any atom is -0.469 e. The number of likely N-dealkylation sites (N-methyl/N-ethyl adjacent to an activating group) is 1. The highest BCUT2D eigenvalue weighted by molar-refractivity contribution is 14.0. The van der Waals surface area contributed by atoms with Crippen molar-refractivity contribution in [2.24, 2.45) is 16.8 Å². The van der Waals surface area contributed by atoms with E-state index in [9.17, 15) is 9.59 Å². The number of likely N-dealkylation sites (tertiary alicyclic amines) is 1. The van der Waals surface area contributed by atoms with E-state index in [-0.39, 0.29) is 54.2 Å². The van der Waals surface area contributed by atoms with Crippen molar-refractivity contribution in [1.29, 1.82) is 0 Å². The maximum absolute atomic E-state index is 11.7. The van der Waals surface area contributed by atoms with Gasteiger partial charge in [-0.15, -0.1) is 24.0 Å². The van der Waals surface area contributed by atoms with Crippen molar-refractivity contribution in [3.8, 4) is 0 Å². The number of rotatable bonds is 5. The molecule has 128 valence electrons. The predicted octanol–water partition coefficient (Wildman–Crippen LogP) is 0.447. The van der Waals surface area contributed by atoms with Crippen LogP contribution in [0.25, 0.3) is 0 Å². The highest BCUT2D eigenvalue weighted by Gasteiger charge is 2.36. The van der Waals surface area contributed by atoms with Crippen LogP contribution in [0.15, 0.2) is 4.99 Å². The van der Waals surface area contributed by atoms with Gasteiger partial charge in [0, 0.05) is 26.2 Å². The third-order valence-electron chi connectivity index (χ3n) is 3.50. The third kappa shape index (κ3) is 5.98. The van der Waals surface area contributed by atoms with Gasteiger partial charge in [0.25, 0.3) is 0 Å². The SMILES string of the molecule is CCNC(=O)CN=C(NCC)N1CC(C)C(C(=O)OC)C1.I. The number of guanidine groups is 1. The van der Waals surface area contributed by atoms with Crippen LogP contribution < -0.4 is 10.6 Å². The number of esters is 1. The van der Waals surface area contributed by atoms with E-state index < -0.39 is 0 Å². The quantitative estimate of drug-likeness (QED) is 0.289. The first-order valence-electron chi connectivity index (χ1n) is 7.41. The van der Waals surface area contributed by atoms with Gasteiger partial charge in [-0.25, -0.2) is 4.99 Å². The first kappa shape index (κ1) is 20.9. The number of aliphatic imine (C=N–C) groups is 1. The van der Waals surface area contributed by atoms with Crippen molar-refractivity contribution in [2.75, 3.05) is 39.8 Å². The van der Waals surface area contributed by atoms with Crippen LogP contribution in [0.5, 0.6) is 0 Å². The van der Waals surface area contributed by atoms with Crippen LogP contribution >= 0.6 is 24.0 Å². The fourth-order valence-electron chi connectivity index (χ4n) is 2.42. The Labute approximate surface area is 149 Å². The van der Waals surface area contributed by atoms with E-state index in [1.807, 2.05) is 25.7 Å². The number of hydrogen-bond acceptors (Lipinski definition) is 4. The molecule has 1 heterocycles. The zero-order valence-corrected chi connectivity index (χ0v) is 16.0. The summed E-state index contributed by atoms with van der Waals surface area (Å²) >= 11 is 0. The lowest BCUT2D eigenvalue weighted by Crippen LogP contribution is -2.41. The summed E-state index contributed by atoms with van der Waals surface area (Å²) in [6.45, 7) is 8.54. The second-order valence-electron chi connectivity index (χ2n) is 5.14. The number of ether oxygens (including phenoxy) is 1. The molecule has 0 spiro atoms. The van der Waals surface area contributed by atoms with E-state index in [4.69, 9.17) is 4.74 Å². The molecule has 0 bridgehead atoms. The van der Waals surface area contributed by atoms with Crippen molar-refractivity contribution in [3.05, 3.63) is 0 Å². The van der Waals surface area contributed by atoms with Crippen LogP contribution in [0.4, 0.5) is 0 Å². The van der Waals surface area contributed by atoms with Crippen LogP contribution in [-0.2, 0) is 14.3 Å². The summed E-state index contributed by atoms with van der Waals surface area (Å²) in [5, 5.41) is 5.88. The molecular formula is C14H27IN4O3. The number of nitrogens with one attached hydrogen (secondary N) is 2. The molecule has 0 radical (unpaired) electrons. The van der Waals surface area contributed by atoms with Crippen LogP contribution in [0.3, 0.4) is 0 Å². The maximum atomic E-state index is 11.7. The van der Waals surface area contributed by atoms with Crippen molar-refractivity contribution in [2.45, 2.75) is 20.8 Å². The van der Waals surface area contributed by atoms with Gasteiger partial charge in [0.1, 0.15) is 6.54 Å². The van der Waals surface area contributed by atoms with Crippen LogP contribution in [0, 0.1) is 11.8 Å². The largest absolute Gasteiger partial charge is 0.469 e. The van der Waals surface area contributed by atoms with Gasteiger partial charge in [-0.3, -0.25) is 9.59 Å². The lowest BCUT2D eigenvalue weighted by atomic mass is 9.99. The first-order valence-corrected chi connectivity index (χ1v) is 7.41. The Morgan fingerprint density at radius 1 is 1.23 bits per heavy atom. The second kappa shape index (κ2) is 10.6. The Morgan fingerprint density at radius 3 is 2.41 bits per heavy atom. The molecule has 1 fully saturated rings. The number of carbonyl (C=O) groups excluding carboxylic acids is 2. The van der Waals surface area contributed by atoms with E-state index in [0.29, 0.717) is 25.6 Å². The van der Waals surface area contributed by atoms with Crippen molar-refractivity contribution in [1.82, 2.24) is 15.5 Å². The van der Waals surface area contributed by atoms with Gasteiger partial charge in [0.05, 0.1) is 13.0 Å². The highest BCUT2D eigenvalue weighted by Crippen LogP contribution is 2.24. The normalized spacial score (nSPS) is 21.1. The smallest absolute Gasteiger partial charge is 0.310 e. The molecule has 22 heavy (non-hydrogen) atoms. The minimum atomic E-state index is -0.190. The van der Waals surface area contributed by atoms with Crippen LogP contribution in [0.2, 0.25) is 0 Å². The Balaban J connectivity index is 0.00000441. The summed E-state index contributed by atoms with van der Waals surface area (Å²) in [5.41, 5.74) is 0. The fraction of sp³-hybridized carbons (Fsp3) is 0.786. The zero-order valence-electron chi connectivity index (χ0n) is 13.7. The molecule has 1 saturated heterocycles.